The van der Waals surface area contributed by atoms with E-state index in [0.717, 1.165) is 27.2 Å². The molecule has 0 aliphatic carbocycles. The van der Waals surface area contributed by atoms with Gasteiger partial charge in [-0.1, -0.05) is 0 Å². The second-order valence-electron chi connectivity index (χ2n) is 3.98. The zero-order valence-corrected chi connectivity index (χ0v) is 9.94. The third-order valence-corrected chi connectivity index (χ3v) is 3.55. The fourth-order valence-corrected chi connectivity index (χ4v) is 2.52. The molecule has 0 aliphatic heterocycles. The monoisotopic (exact) mass is 247 g/mol. The van der Waals surface area contributed by atoms with Gasteiger partial charge in [0.05, 0.1) is 22.0 Å². The predicted molar refractivity (Wildman–Crippen MR) is 68.5 cm³/mol. The molecule has 0 amide bonds. The highest BCUT2D eigenvalue weighted by Crippen LogP contribution is 2.29. The zero-order chi connectivity index (χ0) is 12.0. The number of aromatic nitrogens is 2. The number of nitrogen functional groups attached to an aromatic ring is 1. The fraction of sp³-hybridized carbons (Fsp3) is 0.0833. The third kappa shape index (κ3) is 1.68. The van der Waals surface area contributed by atoms with E-state index in [1.54, 1.807) is 6.07 Å². The fourth-order valence-electron chi connectivity index (χ4n) is 1.80. The maximum absolute atomic E-state index is 13.3. The van der Waals surface area contributed by atoms with E-state index in [2.05, 4.69) is 9.36 Å². The van der Waals surface area contributed by atoms with Gasteiger partial charge in [-0.2, -0.15) is 4.37 Å². The summed E-state index contributed by atoms with van der Waals surface area (Å²) < 4.78 is 17.5. The van der Waals surface area contributed by atoms with E-state index in [1.165, 1.54) is 17.6 Å². The Morgan fingerprint density at radius 3 is 2.82 bits per heavy atom. The lowest BCUT2D eigenvalue weighted by Crippen LogP contribution is -1.88. The number of nitrogens with zero attached hydrogens (tertiary/aromatic N) is 1. The summed E-state index contributed by atoms with van der Waals surface area (Å²) in [6, 6.07) is 7.01. The molecule has 3 nitrogen and oxygen atoms in total. The molecule has 0 aliphatic rings. The Labute approximate surface area is 101 Å². The highest BCUT2D eigenvalue weighted by atomic mass is 32.1. The number of aromatic amines is 1. The minimum atomic E-state index is -0.397. The standard InChI is InChI=1S/C12H10FN3S/c1-6-2-12(17-16-6)11-4-7-3-9(14)8(13)5-10(7)15-11/h2-5,15H,14H2,1H3. The van der Waals surface area contributed by atoms with Crippen LogP contribution in [0.15, 0.2) is 24.3 Å². The van der Waals surface area contributed by atoms with Gasteiger partial charge in [0, 0.05) is 17.0 Å². The Balaban J connectivity index is 2.19. The first-order valence-corrected chi connectivity index (χ1v) is 5.92. The second kappa shape index (κ2) is 3.56. The van der Waals surface area contributed by atoms with Crippen molar-refractivity contribution in [3.05, 3.63) is 35.8 Å². The number of aryl methyl sites for hydroxylation is 1. The van der Waals surface area contributed by atoms with Crippen molar-refractivity contribution >= 4 is 28.1 Å². The number of nitrogens with two attached hydrogens (primary N) is 1. The van der Waals surface area contributed by atoms with Crippen molar-refractivity contribution in [3.63, 3.8) is 0 Å². The molecule has 0 fully saturated rings. The molecule has 0 saturated heterocycles. The molecule has 0 saturated carbocycles. The lowest BCUT2D eigenvalue weighted by atomic mass is 10.2. The quantitative estimate of drug-likeness (QED) is 0.648. The Hall–Kier alpha value is -1.88. The first kappa shape index (κ1) is 10.3. The van der Waals surface area contributed by atoms with Gasteiger partial charge < -0.3 is 10.7 Å². The van der Waals surface area contributed by atoms with E-state index < -0.39 is 5.82 Å². The van der Waals surface area contributed by atoms with Crippen LogP contribution in [0.4, 0.5) is 10.1 Å². The molecule has 2 heterocycles. The van der Waals surface area contributed by atoms with E-state index >= 15 is 0 Å². The van der Waals surface area contributed by atoms with Crippen molar-refractivity contribution in [2.75, 3.05) is 5.73 Å². The smallest absolute Gasteiger partial charge is 0.148 e. The Bertz CT molecular complexity index is 660. The maximum atomic E-state index is 13.3. The molecular weight excluding hydrogens is 237 g/mol. The zero-order valence-electron chi connectivity index (χ0n) is 9.12. The normalized spacial score (nSPS) is 11.2. The number of hydrogen-bond donors (Lipinski definition) is 2. The number of anilines is 1. The van der Waals surface area contributed by atoms with Crippen LogP contribution in [0.1, 0.15) is 5.69 Å². The van der Waals surface area contributed by atoms with E-state index in [-0.39, 0.29) is 5.69 Å². The summed E-state index contributed by atoms with van der Waals surface area (Å²) in [5.41, 5.74) is 8.38. The number of H-pyrrole nitrogens is 1. The molecule has 86 valence electrons. The predicted octanol–water partition coefficient (Wildman–Crippen LogP) is 3.32. The average molecular weight is 247 g/mol. The molecule has 0 unspecified atom stereocenters. The molecule has 0 bridgehead atoms. The maximum Gasteiger partial charge on any atom is 0.148 e. The van der Waals surface area contributed by atoms with Crippen LogP contribution >= 0.6 is 11.5 Å². The van der Waals surface area contributed by atoms with Crippen LogP contribution in [0.2, 0.25) is 0 Å². The number of nitrogens with one attached hydrogen (secondary N) is 1. The lowest BCUT2D eigenvalue weighted by Gasteiger charge is -1.95. The average Bonchev–Trinajstić information content (AvgIpc) is 2.85. The first-order chi connectivity index (χ1) is 8.13. The topological polar surface area (TPSA) is 54.7 Å². The van der Waals surface area contributed by atoms with Gasteiger partial charge in [-0.3, -0.25) is 0 Å². The first-order valence-electron chi connectivity index (χ1n) is 5.15. The summed E-state index contributed by atoms with van der Waals surface area (Å²) in [5.74, 6) is -0.397. The third-order valence-electron chi connectivity index (χ3n) is 2.63. The van der Waals surface area contributed by atoms with E-state index in [9.17, 15) is 4.39 Å². The Morgan fingerprint density at radius 1 is 1.29 bits per heavy atom. The van der Waals surface area contributed by atoms with Gasteiger partial charge in [0.15, 0.2) is 0 Å². The molecule has 3 rings (SSSR count). The summed E-state index contributed by atoms with van der Waals surface area (Å²) in [4.78, 5) is 4.21. The van der Waals surface area contributed by atoms with Gasteiger partial charge >= 0.3 is 0 Å². The van der Waals surface area contributed by atoms with Gasteiger partial charge in [0.25, 0.3) is 0 Å². The van der Waals surface area contributed by atoms with Crippen LogP contribution in [0, 0.1) is 12.7 Å². The largest absolute Gasteiger partial charge is 0.396 e. The minimum absolute atomic E-state index is 0.170. The van der Waals surface area contributed by atoms with Crippen molar-refractivity contribution < 1.29 is 4.39 Å². The molecule has 2 aromatic heterocycles. The van der Waals surface area contributed by atoms with Gasteiger partial charge in [0.2, 0.25) is 0 Å². The van der Waals surface area contributed by atoms with Gasteiger partial charge in [-0.25, -0.2) is 4.39 Å². The summed E-state index contributed by atoms with van der Waals surface area (Å²) in [6.45, 7) is 1.94. The number of halogens is 1. The van der Waals surface area contributed by atoms with Crippen molar-refractivity contribution in [2.24, 2.45) is 0 Å². The Morgan fingerprint density at radius 2 is 2.12 bits per heavy atom. The van der Waals surface area contributed by atoms with E-state index in [1.807, 2.05) is 19.1 Å². The van der Waals surface area contributed by atoms with Crippen LogP contribution in [0.3, 0.4) is 0 Å². The molecule has 17 heavy (non-hydrogen) atoms. The molecule has 3 aromatic rings. The molecule has 1 aromatic carbocycles. The Kier molecular flexibility index (Phi) is 2.16. The van der Waals surface area contributed by atoms with Gasteiger partial charge in [-0.05, 0) is 36.7 Å². The summed E-state index contributed by atoms with van der Waals surface area (Å²) in [6.07, 6.45) is 0. The summed E-state index contributed by atoms with van der Waals surface area (Å²) in [5, 5.41) is 0.907. The van der Waals surface area contributed by atoms with Crippen molar-refractivity contribution in [2.45, 2.75) is 6.92 Å². The second-order valence-corrected chi connectivity index (χ2v) is 4.78. The lowest BCUT2D eigenvalue weighted by molar-refractivity contribution is 0.634. The van der Waals surface area contributed by atoms with Crippen LogP contribution in [-0.2, 0) is 0 Å². The molecular formula is C12H10FN3S. The van der Waals surface area contributed by atoms with Crippen LogP contribution in [0.5, 0.6) is 0 Å². The SMILES string of the molecule is Cc1cc(-c2cc3cc(N)c(F)cc3[nH]2)sn1. The summed E-state index contributed by atoms with van der Waals surface area (Å²) in [7, 11) is 0. The number of fused-ring (bicyclic) bond motifs is 1. The van der Waals surface area contributed by atoms with Gasteiger partial charge in [0.1, 0.15) is 5.82 Å². The van der Waals surface area contributed by atoms with Crippen LogP contribution in [0.25, 0.3) is 21.5 Å². The number of hydrogen-bond acceptors (Lipinski definition) is 3. The number of benzene rings is 1. The number of rotatable bonds is 1. The van der Waals surface area contributed by atoms with E-state index in [0.29, 0.717) is 0 Å². The van der Waals surface area contributed by atoms with Crippen LogP contribution < -0.4 is 5.73 Å². The van der Waals surface area contributed by atoms with E-state index in [4.69, 9.17) is 5.73 Å². The van der Waals surface area contributed by atoms with Crippen molar-refractivity contribution in [3.8, 4) is 10.6 Å². The van der Waals surface area contributed by atoms with Crippen molar-refractivity contribution in [1.29, 1.82) is 0 Å². The highest BCUT2D eigenvalue weighted by Gasteiger charge is 2.08. The molecule has 0 atom stereocenters. The molecule has 0 spiro atoms. The van der Waals surface area contributed by atoms with Crippen molar-refractivity contribution in [1.82, 2.24) is 9.36 Å². The van der Waals surface area contributed by atoms with Gasteiger partial charge in [-0.15, -0.1) is 0 Å². The summed E-state index contributed by atoms with van der Waals surface area (Å²) >= 11 is 1.42. The highest BCUT2D eigenvalue weighted by molar-refractivity contribution is 7.09. The molecule has 0 radical (unpaired) electrons. The molecule has 3 N–H and O–H groups in total. The van der Waals surface area contributed by atoms with Crippen LogP contribution in [-0.4, -0.2) is 9.36 Å². The molecule has 5 heteroatoms. The minimum Gasteiger partial charge on any atom is -0.396 e.